The molecule has 3 heterocycles. The molecule has 0 N–H and O–H groups in total. The molecule has 32 heavy (non-hydrogen) atoms. The fourth-order valence-corrected chi connectivity index (χ4v) is 3.41. The molecular formula is C19H14F4IN7O. The van der Waals surface area contributed by atoms with Crippen LogP contribution in [0.2, 0.25) is 0 Å². The lowest BCUT2D eigenvalue weighted by Gasteiger charge is -2.09. The molecule has 0 amide bonds. The topological polar surface area (TPSA) is 83.5 Å². The summed E-state index contributed by atoms with van der Waals surface area (Å²) in [4.78, 5) is 11.3. The maximum Gasteiger partial charge on any atom is 0.416 e. The van der Waals surface area contributed by atoms with Crippen molar-refractivity contribution in [2.75, 3.05) is 0 Å². The van der Waals surface area contributed by atoms with Gasteiger partial charge in [-0.1, -0.05) is 17.3 Å². The lowest BCUT2D eigenvalue weighted by atomic mass is 10.1. The van der Waals surface area contributed by atoms with Crippen LogP contribution in [-0.2, 0) is 26.4 Å². The van der Waals surface area contributed by atoms with E-state index in [0.717, 1.165) is 12.1 Å². The van der Waals surface area contributed by atoms with Crippen molar-refractivity contribution in [2.45, 2.75) is 19.3 Å². The molecule has 0 aliphatic carbocycles. The third-order valence-corrected chi connectivity index (χ3v) is 5.60. The Morgan fingerprint density at radius 2 is 1.91 bits per heavy atom. The third-order valence-electron chi connectivity index (χ3n) is 4.42. The van der Waals surface area contributed by atoms with Gasteiger partial charge in [0.1, 0.15) is 16.0 Å². The maximum atomic E-state index is 13.9. The molecule has 8 nitrogen and oxygen atoms in total. The number of halogens is 5. The van der Waals surface area contributed by atoms with Gasteiger partial charge in [-0.25, -0.2) is 4.68 Å². The Morgan fingerprint density at radius 3 is 2.62 bits per heavy atom. The molecule has 13 heteroatoms. The van der Waals surface area contributed by atoms with Crippen LogP contribution in [0.3, 0.4) is 0 Å². The average molecular weight is 559 g/mol. The van der Waals surface area contributed by atoms with Crippen LogP contribution in [0.5, 0.6) is 6.01 Å². The molecule has 0 radical (unpaired) electrons. The zero-order chi connectivity index (χ0) is 22.9. The summed E-state index contributed by atoms with van der Waals surface area (Å²) in [6.07, 6.45) is -3.65. The smallest absolute Gasteiger partial charge is 0.416 e. The highest BCUT2D eigenvalue weighted by Crippen LogP contribution is 2.29. The first-order valence-corrected chi connectivity index (χ1v) is 10.2. The average Bonchev–Trinajstić information content (AvgIpc) is 3.31. The molecule has 0 unspecified atom stereocenters. The van der Waals surface area contributed by atoms with Crippen molar-refractivity contribution in [1.82, 2.24) is 34.5 Å². The molecule has 0 spiro atoms. The Bertz CT molecular complexity index is 1250. The molecule has 1 aromatic carbocycles. The summed E-state index contributed by atoms with van der Waals surface area (Å²) < 4.78 is 61.8. The first-order valence-electron chi connectivity index (χ1n) is 9.11. The quantitative estimate of drug-likeness (QED) is 0.264. The van der Waals surface area contributed by atoms with Gasteiger partial charge in [-0.3, -0.25) is 0 Å². The molecule has 0 atom stereocenters. The second kappa shape index (κ2) is 8.80. The summed E-state index contributed by atoms with van der Waals surface area (Å²) in [6.45, 7) is -0.0237. The van der Waals surface area contributed by atoms with Gasteiger partial charge in [0.05, 0.1) is 17.8 Å². The number of alkyl halides is 3. The Morgan fingerprint density at radius 1 is 1.09 bits per heavy atom. The van der Waals surface area contributed by atoms with Gasteiger partial charge >= 0.3 is 18.3 Å². The first kappa shape index (κ1) is 22.1. The highest BCUT2D eigenvalue weighted by Gasteiger charge is 2.30. The van der Waals surface area contributed by atoms with Crippen LogP contribution in [0.15, 0.2) is 42.6 Å². The minimum absolute atomic E-state index is 0.0905. The van der Waals surface area contributed by atoms with Crippen molar-refractivity contribution in [1.29, 1.82) is 0 Å². The van der Waals surface area contributed by atoms with Gasteiger partial charge in [0.2, 0.25) is 0 Å². The number of rotatable bonds is 6. The number of nitrogens with zero attached hydrogens (tertiary/aromatic N) is 7. The third kappa shape index (κ3) is 4.87. The minimum Gasteiger partial charge on any atom is -0.457 e. The normalized spacial score (nSPS) is 11.7. The predicted molar refractivity (Wildman–Crippen MR) is 112 cm³/mol. The van der Waals surface area contributed by atoms with Gasteiger partial charge in [-0.05, 0) is 52.4 Å². The second-order valence-electron chi connectivity index (χ2n) is 6.69. The Hall–Kier alpha value is -3.10. The van der Waals surface area contributed by atoms with Crippen LogP contribution in [0.25, 0.3) is 11.5 Å². The highest BCUT2D eigenvalue weighted by molar-refractivity contribution is 14.1. The van der Waals surface area contributed by atoms with E-state index in [1.54, 1.807) is 36.0 Å². The van der Waals surface area contributed by atoms with Crippen molar-refractivity contribution >= 4 is 22.6 Å². The molecule has 0 saturated carbocycles. The van der Waals surface area contributed by atoms with Crippen molar-refractivity contribution in [2.24, 2.45) is 7.05 Å². The van der Waals surface area contributed by atoms with E-state index in [2.05, 4.69) is 25.3 Å². The molecule has 0 aliphatic rings. The van der Waals surface area contributed by atoms with Gasteiger partial charge in [-0.15, -0.1) is 10.1 Å². The fourth-order valence-electron chi connectivity index (χ4n) is 2.88. The number of hydrogen-bond acceptors (Lipinski definition) is 6. The zero-order valence-corrected chi connectivity index (χ0v) is 18.5. The standard InChI is InChI=1S/C19H14F4IN7O/c1-30-7-3-6-14(30)16-25-17(20)27-18(26-16)32-10-13-15(24)31(29-28-13)9-11-4-2-5-12(8-11)19(21,22)23/h2-8H,9-10H2,1H3. The Balaban J connectivity index is 1.48. The number of benzene rings is 1. The van der Waals surface area contributed by atoms with E-state index >= 15 is 0 Å². The van der Waals surface area contributed by atoms with Crippen LogP contribution in [0.4, 0.5) is 17.6 Å². The van der Waals surface area contributed by atoms with Crippen molar-refractivity contribution in [3.63, 3.8) is 0 Å². The van der Waals surface area contributed by atoms with E-state index in [-0.39, 0.29) is 25.0 Å². The van der Waals surface area contributed by atoms with Crippen molar-refractivity contribution < 1.29 is 22.3 Å². The maximum absolute atomic E-state index is 13.9. The fraction of sp³-hybridized carbons (Fsp3) is 0.211. The van der Waals surface area contributed by atoms with E-state index in [9.17, 15) is 17.6 Å². The van der Waals surface area contributed by atoms with Crippen LogP contribution in [0.1, 0.15) is 16.8 Å². The number of aryl methyl sites for hydroxylation is 1. The van der Waals surface area contributed by atoms with Crippen molar-refractivity contribution in [3.05, 3.63) is 69.2 Å². The second-order valence-corrected chi connectivity index (χ2v) is 7.71. The van der Waals surface area contributed by atoms with Gasteiger partial charge in [0.25, 0.3) is 0 Å². The van der Waals surface area contributed by atoms with E-state index in [4.69, 9.17) is 4.74 Å². The molecule has 0 aliphatic heterocycles. The van der Waals surface area contributed by atoms with Crippen LogP contribution >= 0.6 is 22.6 Å². The molecule has 0 saturated heterocycles. The molecule has 0 bridgehead atoms. The number of hydrogen-bond donors (Lipinski definition) is 0. The van der Waals surface area contributed by atoms with E-state index < -0.39 is 17.8 Å². The molecule has 4 aromatic rings. The molecule has 0 fully saturated rings. The molecule has 3 aromatic heterocycles. The summed E-state index contributed by atoms with van der Waals surface area (Å²) in [5, 5.41) is 7.97. The lowest BCUT2D eigenvalue weighted by Crippen LogP contribution is -2.09. The van der Waals surface area contributed by atoms with Gasteiger partial charge < -0.3 is 9.30 Å². The largest absolute Gasteiger partial charge is 0.457 e. The lowest BCUT2D eigenvalue weighted by molar-refractivity contribution is -0.137. The van der Waals surface area contributed by atoms with Crippen molar-refractivity contribution in [3.8, 4) is 17.5 Å². The minimum atomic E-state index is -4.43. The summed E-state index contributed by atoms with van der Waals surface area (Å²) in [6, 6.07) is 8.24. The SMILES string of the molecule is Cn1cccc1-c1nc(F)nc(OCc2nnn(Cc3cccc(C(F)(F)F)c3)c2I)n1. The summed E-state index contributed by atoms with van der Waals surface area (Å²) in [7, 11) is 1.77. The summed E-state index contributed by atoms with van der Waals surface area (Å²) >= 11 is 1.96. The Kier molecular flexibility index (Phi) is 6.08. The molecular weight excluding hydrogens is 545 g/mol. The molecule has 4 rings (SSSR count). The van der Waals surface area contributed by atoms with E-state index in [1.165, 1.54) is 10.7 Å². The summed E-state index contributed by atoms with van der Waals surface area (Å²) in [5.41, 5.74) is 0.665. The monoisotopic (exact) mass is 559 g/mol. The Labute approximate surface area is 192 Å². The summed E-state index contributed by atoms with van der Waals surface area (Å²) in [5.74, 6) is 0.114. The number of aromatic nitrogens is 7. The van der Waals surface area contributed by atoms with Crippen LogP contribution < -0.4 is 4.74 Å². The van der Waals surface area contributed by atoms with Crippen LogP contribution in [-0.4, -0.2) is 34.5 Å². The predicted octanol–water partition coefficient (Wildman–Crippen LogP) is 3.86. The van der Waals surface area contributed by atoms with E-state index in [0.29, 0.717) is 20.7 Å². The van der Waals surface area contributed by atoms with Gasteiger partial charge in [0.15, 0.2) is 5.82 Å². The van der Waals surface area contributed by atoms with Gasteiger partial charge in [0, 0.05) is 13.2 Å². The highest BCUT2D eigenvalue weighted by atomic mass is 127. The number of ether oxygens (including phenoxy) is 1. The van der Waals surface area contributed by atoms with E-state index in [1.807, 2.05) is 22.6 Å². The first-order chi connectivity index (χ1) is 15.2. The van der Waals surface area contributed by atoms with Crippen LogP contribution in [0, 0.1) is 9.78 Å². The van der Waals surface area contributed by atoms with Gasteiger partial charge in [-0.2, -0.15) is 27.5 Å². The zero-order valence-electron chi connectivity index (χ0n) is 16.4. The molecule has 166 valence electrons.